The number of carbonyl (C=O) groups excluding carboxylic acids is 1. The number of ether oxygens (including phenoxy) is 2. The number of allylic oxidation sites excluding steroid dienone is 1. The van der Waals surface area contributed by atoms with Crippen molar-refractivity contribution in [3.8, 4) is 0 Å². The summed E-state index contributed by atoms with van der Waals surface area (Å²) in [5.74, 6) is 1.15. The van der Waals surface area contributed by atoms with Gasteiger partial charge in [-0.05, 0) is 25.2 Å². The zero-order chi connectivity index (χ0) is 16.3. The van der Waals surface area contributed by atoms with Gasteiger partial charge >= 0.3 is 5.97 Å². The highest BCUT2D eigenvalue weighted by Crippen LogP contribution is 2.53. The SMILES string of the molecule is CCCCC[C@@H]1OC[C@@]2(COC(C)=O)[C@H](C)C=C(C)[C@@H]1[C@@H]2C. The van der Waals surface area contributed by atoms with Crippen molar-refractivity contribution in [3.63, 3.8) is 0 Å². The Balaban J connectivity index is 2.17. The normalized spacial score (nSPS) is 37.6. The fraction of sp³-hybridized carbons (Fsp3) is 0.842. The predicted molar refractivity (Wildman–Crippen MR) is 88.5 cm³/mol. The molecule has 0 aromatic heterocycles. The molecular weight excluding hydrogens is 276 g/mol. The van der Waals surface area contributed by atoms with Gasteiger partial charge in [0.1, 0.15) is 0 Å². The first-order chi connectivity index (χ1) is 10.4. The van der Waals surface area contributed by atoms with Crippen molar-refractivity contribution >= 4 is 5.97 Å². The maximum absolute atomic E-state index is 11.3. The van der Waals surface area contributed by atoms with Gasteiger partial charge in [-0.2, -0.15) is 0 Å². The first kappa shape index (κ1) is 17.5. The smallest absolute Gasteiger partial charge is 0.302 e. The molecule has 1 heterocycles. The first-order valence-corrected chi connectivity index (χ1v) is 8.85. The first-order valence-electron chi connectivity index (χ1n) is 8.85. The number of hydrogen-bond donors (Lipinski definition) is 0. The van der Waals surface area contributed by atoms with Gasteiger partial charge in [0, 0.05) is 18.3 Å². The number of rotatable bonds is 6. The fourth-order valence-corrected chi connectivity index (χ4v) is 4.48. The Morgan fingerprint density at radius 3 is 2.77 bits per heavy atom. The van der Waals surface area contributed by atoms with E-state index < -0.39 is 0 Å². The fourth-order valence-electron chi connectivity index (χ4n) is 4.48. The molecule has 0 aromatic rings. The Kier molecular flexibility index (Phi) is 5.70. The summed E-state index contributed by atoms with van der Waals surface area (Å²) in [6.07, 6.45) is 7.63. The lowest BCUT2D eigenvalue weighted by molar-refractivity contribution is -0.180. The molecule has 3 nitrogen and oxygen atoms in total. The van der Waals surface area contributed by atoms with E-state index in [4.69, 9.17) is 9.47 Å². The molecule has 0 N–H and O–H groups in total. The number of carbonyl (C=O) groups is 1. The molecule has 0 saturated carbocycles. The van der Waals surface area contributed by atoms with Gasteiger partial charge in [-0.1, -0.05) is 51.7 Å². The second-order valence-electron chi connectivity index (χ2n) is 7.37. The van der Waals surface area contributed by atoms with Crippen LogP contribution in [0.5, 0.6) is 0 Å². The third-order valence-electron chi connectivity index (χ3n) is 5.99. The summed E-state index contributed by atoms with van der Waals surface area (Å²) < 4.78 is 11.7. The molecule has 2 aliphatic rings. The molecule has 1 fully saturated rings. The van der Waals surface area contributed by atoms with Crippen molar-refractivity contribution in [2.75, 3.05) is 13.2 Å². The van der Waals surface area contributed by atoms with Gasteiger partial charge in [-0.15, -0.1) is 0 Å². The highest BCUT2D eigenvalue weighted by molar-refractivity contribution is 5.65. The summed E-state index contributed by atoms with van der Waals surface area (Å²) in [4.78, 5) is 11.3. The Hall–Kier alpha value is -0.830. The van der Waals surface area contributed by atoms with Gasteiger partial charge in [0.25, 0.3) is 0 Å². The maximum Gasteiger partial charge on any atom is 0.302 e. The summed E-state index contributed by atoms with van der Waals surface area (Å²) >= 11 is 0. The van der Waals surface area contributed by atoms with Crippen LogP contribution < -0.4 is 0 Å². The largest absolute Gasteiger partial charge is 0.465 e. The monoisotopic (exact) mass is 308 g/mol. The summed E-state index contributed by atoms with van der Waals surface area (Å²) in [5, 5.41) is 0. The number of hydrogen-bond acceptors (Lipinski definition) is 3. The van der Waals surface area contributed by atoms with E-state index in [1.54, 1.807) is 0 Å². The van der Waals surface area contributed by atoms with Crippen LogP contribution in [0.2, 0.25) is 0 Å². The molecule has 0 radical (unpaired) electrons. The number of fused-ring (bicyclic) bond motifs is 2. The summed E-state index contributed by atoms with van der Waals surface area (Å²) in [7, 11) is 0. The van der Waals surface area contributed by atoms with Crippen molar-refractivity contribution < 1.29 is 14.3 Å². The van der Waals surface area contributed by atoms with Crippen LogP contribution in [-0.2, 0) is 14.3 Å². The lowest BCUT2D eigenvalue weighted by Crippen LogP contribution is -2.56. The number of unbranched alkanes of at least 4 members (excludes halogenated alkanes) is 2. The van der Waals surface area contributed by atoms with Gasteiger partial charge in [0.05, 0.1) is 19.3 Å². The molecule has 1 aliphatic heterocycles. The molecule has 0 aromatic carbocycles. The van der Waals surface area contributed by atoms with Crippen LogP contribution in [0, 0.1) is 23.2 Å². The molecule has 1 aliphatic carbocycles. The second-order valence-corrected chi connectivity index (χ2v) is 7.37. The zero-order valence-electron chi connectivity index (χ0n) is 14.9. The Bertz CT molecular complexity index is 428. The average molecular weight is 308 g/mol. The van der Waals surface area contributed by atoms with Gasteiger partial charge in [0.2, 0.25) is 0 Å². The van der Waals surface area contributed by atoms with E-state index in [9.17, 15) is 4.79 Å². The zero-order valence-corrected chi connectivity index (χ0v) is 14.9. The quantitative estimate of drug-likeness (QED) is 0.415. The molecule has 3 heteroatoms. The number of esters is 1. The van der Waals surface area contributed by atoms with Crippen LogP contribution in [0.1, 0.15) is 60.3 Å². The third kappa shape index (κ3) is 3.24. The van der Waals surface area contributed by atoms with E-state index in [2.05, 4.69) is 33.8 Å². The Morgan fingerprint density at radius 2 is 2.14 bits per heavy atom. The molecule has 2 rings (SSSR count). The van der Waals surface area contributed by atoms with Crippen LogP contribution in [0.15, 0.2) is 11.6 Å². The minimum atomic E-state index is -0.193. The van der Waals surface area contributed by atoms with E-state index in [0.29, 0.717) is 37.1 Å². The Labute approximate surface area is 135 Å². The molecule has 126 valence electrons. The van der Waals surface area contributed by atoms with Crippen LogP contribution in [-0.4, -0.2) is 25.3 Å². The van der Waals surface area contributed by atoms with Crippen molar-refractivity contribution in [2.45, 2.75) is 66.4 Å². The molecule has 2 bridgehead atoms. The molecule has 5 atom stereocenters. The minimum Gasteiger partial charge on any atom is -0.465 e. The second kappa shape index (κ2) is 7.16. The van der Waals surface area contributed by atoms with E-state index in [0.717, 1.165) is 6.42 Å². The van der Waals surface area contributed by atoms with Gasteiger partial charge in [-0.25, -0.2) is 0 Å². The average Bonchev–Trinajstić information content (AvgIpc) is 2.45. The lowest BCUT2D eigenvalue weighted by atomic mass is 9.56. The molecule has 0 amide bonds. The van der Waals surface area contributed by atoms with Crippen molar-refractivity contribution in [3.05, 3.63) is 11.6 Å². The summed E-state index contributed by atoms with van der Waals surface area (Å²) in [5.41, 5.74) is 1.40. The van der Waals surface area contributed by atoms with E-state index >= 15 is 0 Å². The van der Waals surface area contributed by atoms with Crippen LogP contribution >= 0.6 is 0 Å². The highest BCUT2D eigenvalue weighted by atomic mass is 16.5. The molecule has 1 saturated heterocycles. The Morgan fingerprint density at radius 1 is 1.41 bits per heavy atom. The highest BCUT2D eigenvalue weighted by Gasteiger charge is 2.53. The van der Waals surface area contributed by atoms with Gasteiger partial charge in [-0.3, -0.25) is 4.79 Å². The lowest BCUT2D eigenvalue weighted by Gasteiger charge is -2.55. The summed E-state index contributed by atoms with van der Waals surface area (Å²) in [6.45, 7) is 11.7. The van der Waals surface area contributed by atoms with Crippen molar-refractivity contribution in [1.82, 2.24) is 0 Å². The minimum absolute atomic E-state index is 0.0584. The molecule has 0 unspecified atom stereocenters. The van der Waals surface area contributed by atoms with Crippen LogP contribution in [0.4, 0.5) is 0 Å². The van der Waals surface area contributed by atoms with Crippen molar-refractivity contribution in [2.24, 2.45) is 23.2 Å². The summed E-state index contributed by atoms with van der Waals surface area (Å²) in [6, 6.07) is 0. The van der Waals surface area contributed by atoms with Gasteiger partial charge in [0.15, 0.2) is 0 Å². The topological polar surface area (TPSA) is 35.5 Å². The van der Waals surface area contributed by atoms with Crippen molar-refractivity contribution in [1.29, 1.82) is 0 Å². The predicted octanol–water partition coefficient (Wildman–Crippen LogP) is 4.36. The van der Waals surface area contributed by atoms with Crippen LogP contribution in [0.3, 0.4) is 0 Å². The van der Waals surface area contributed by atoms with E-state index in [1.165, 1.54) is 31.8 Å². The van der Waals surface area contributed by atoms with Crippen LogP contribution in [0.25, 0.3) is 0 Å². The molecule has 22 heavy (non-hydrogen) atoms. The standard InChI is InChI=1S/C19H32O3/c1-6-7-8-9-17-18-13(2)10-14(3)19(12-22-17,15(18)4)11-21-16(5)20/h10,14-15,17-18H,6-9,11-12H2,1-5H3/t14-,15+,17+,18-,19+/m1/s1. The maximum atomic E-state index is 11.3. The van der Waals surface area contributed by atoms with E-state index in [1.807, 2.05) is 0 Å². The van der Waals surface area contributed by atoms with E-state index in [-0.39, 0.29) is 11.4 Å². The molecular formula is C19H32O3. The molecule has 0 spiro atoms. The van der Waals surface area contributed by atoms with Gasteiger partial charge < -0.3 is 9.47 Å². The third-order valence-corrected chi connectivity index (χ3v) is 5.99.